The summed E-state index contributed by atoms with van der Waals surface area (Å²) in [6, 6.07) is 4.98. The Morgan fingerprint density at radius 3 is 2.89 bits per heavy atom. The van der Waals surface area contributed by atoms with E-state index in [1.165, 1.54) is 0 Å². The van der Waals surface area contributed by atoms with E-state index in [1.54, 1.807) is 18.2 Å². The summed E-state index contributed by atoms with van der Waals surface area (Å²) in [5.41, 5.74) is 0.647. The van der Waals surface area contributed by atoms with E-state index >= 15 is 0 Å². The molecule has 0 saturated carbocycles. The Kier molecular flexibility index (Phi) is 4.11. The van der Waals surface area contributed by atoms with Crippen LogP contribution in [0.25, 0.3) is 11.4 Å². The summed E-state index contributed by atoms with van der Waals surface area (Å²) in [6.07, 6.45) is 0. The topological polar surface area (TPSA) is 81.7 Å². The van der Waals surface area contributed by atoms with Crippen LogP contribution in [0, 0.1) is 0 Å². The minimum absolute atomic E-state index is 0.203. The van der Waals surface area contributed by atoms with Crippen LogP contribution in [0.4, 0.5) is 0 Å². The molecule has 0 saturated heterocycles. The first-order chi connectivity index (χ1) is 8.56. The van der Waals surface area contributed by atoms with Crippen LogP contribution in [-0.4, -0.2) is 26.9 Å². The smallest absolute Gasteiger partial charge is 0.209 e. The first-order valence-electron chi connectivity index (χ1n) is 4.77. The van der Waals surface area contributed by atoms with Gasteiger partial charge in [-0.15, -0.1) is 5.10 Å². The number of carboxylic acid groups (broad SMARTS) is 1. The molecule has 0 atom stereocenters. The molecule has 5 nitrogen and oxygen atoms in total. The zero-order valence-electron chi connectivity index (χ0n) is 8.81. The number of nitrogens with zero attached hydrogens (tertiary/aromatic N) is 2. The number of aromatic nitrogens is 3. The first kappa shape index (κ1) is 13.2. The largest absolute Gasteiger partial charge is 0.549 e. The molecule has 0 aliphatic carbocycles. The molecule has 0 aliphatic heterocycles. The van der Waals surface area contributed by atoms with Gasteiger partial charge in [0.25, 0.3) is 0 Å². The van der Waals surface area contributed by atoms with Gasteiger partial charge in [0.15, 0.2) is 5.82 Å². The molecule has 1 aromatic carbocycles. The monoisotopic (exact) mass is 302 g/mol. The van der Waals surface area contributed by atoms with Gasteiger partial charge in [0.1, 0.15) is 0 Å². The maximum absolute atomic E-state index is 10.3. The number of hydrogen-bond acceptors (Lipinski definition) is 5. The molecule has 94 valence electrons. The highest BCUT2D eigenvalue weighted by atomic mass is 35.5. The van der Waals surface area contributed by atoms with Gasteiger partial charge in [-0.05, 0) is 18.2 Å². The summed E-state index contributed by atoms with van der Waals surface area (Å²) in [5, 5.41) is 18.1. The van der Waals surface area contributed by atoms with Gasteiger partial charge < -0.3 is 9.90 Å². The van der Waals surface area contributed by atoms with E-state index in [1.807, 2.05) is 0 Å². The zero-order chi connectivity index (χ0) is 13.1. The predicted molar refractivity (Wildman–Crippen MR) is 67.6 cm³/mol. The number of benzene rings is 1. The van der Waals surface area contributed by atoms with E-state index in [4.69, 9.17) is 23.2 Å². The second kappa shape index (κ2) is 5.60. The van der Waals surface area contributed by atoms with E-state index in [2.05, 4.69) is 15.2 Å². The lowest BCUT2D eigenvalue weighted by molar-refractivity contribution is -0.301. The molecular weight excluding hydrogens is 297 g/mol. The summed E-state index contributed by atoms with van der Waals surface area (Å²) in [4.78, 5) is 14.4. The van der Waals surface area contributed by atoms with Gasteiger partial charge in [0, 0.05) is 16.3 Å². The summed E-state index contributed by atoms with van der Waals surface area (Å²) >= 11 is 12.8. The average Bonchev–Trinajstić information content (AvgIpc) is 2.75. The van der Waals surface area contributed by atoms with Crippen molar-refractivity contribution in [2.75, 3.05) is 5.75 Å². The normalized spacial score (nSPS) is 10.6. The van der Waals surface area contributed by atoms with Crippen LogP contribution in [0.2, 0.25) is 10.0 Å². The third-order valence-corrected chi connectivity index (χ3v) is 3.34. The van der Waals surface area contributed by atoms with E-state index in [9.17, 15) is 9.90 Å². The number of thioether (sulfide) groups is 1. The lowest BCUT2D eigenvalue weighted by atomic mass is 10.2. The molecule has 1 aromatic heterocycles. The van der Waals surface area contributed by atoms with Gasteiger partial charge in [-0.25, -0.2) is 4.98 Å². The summed E-state index contributed by atoms with van der Waals surface area (Å²) in [5.74, 6) is -0.917. The summed E-state index contributed by atoms with van der Waals surface area (Å²) in [6.45, 7) is 0. The molecule has 2 rings (SSSR count). The Bertz CT molecular complexity index is 588. The summed E-state index contributed by atoms with van der Waals surface area (Å²) in [7, 11) is 0. The third kappa shape index (κ3) is 3.16. The van der Waals surface area contributed by atoms with Crippen molar-refractivity contribution in [1.82, 2.24) is 15.2 Å². The fourth-order valence-corrected chi connectivity index (χ4v) is 2.25. The number of halogens is 2. The number of rotatable bonds is 4. The molecule has 0 aliphatic rings. The minimum atomic E-state index is -1.17. The molecule has 1 N–H and O–H groups in total. The molecule has 0 amide bonds. The maximum Gasteiger partial charge on any atom is 0.209 e. The number of hydrogen-bond donors (Lipinski definition) is 1. The van der Waals surface area contributed by atoms with Crippen molar-refractivity contribution in [2.24, 2.45) is 0 Å². The molecule has 0 spiro atoms. The minimum Gasteiger partial charge on any atom is -0.549 e. The Hall–Kier alpha value is -1.24. The van der Waals surface area contributed by atoms with Crippen LogP contribution in [-0.2, 0) is 4.79 Å². The molecule has 18 heavy (non-hydrogen) atoms. The number of nitrogens with one attached hydrogen (secondary N) is 1. The van der Waals surface area contributed by atoms with E-state index in [-0.39, 0.29) is 5.75 Å². The standard InChI is InChI=1S/C10H7Cl2N3O2S/c11-5-1-2-6(7(12)3-5)9-13-10(15-14-9)18-4-8(16)17/h1-3H,4H2,(H,16,17)(H,13,14,15)/p-1. The molecule has 0 unspecified atom stereocenters. The van der Waals surface area contributed by atoms with Gasteiger partial charge in [-0.1, -0.05) is 35.0 Å². The quantitative estimate of drug-likeness (QED) is 0.868. The molecule has 8 heteroatoms. The average molecular weight is 303 g/mol. The fourth-order valence-electron chi connectivity index (χ4n) is 1.24. The van der Waals surface area contributed by atoms with Crippen molar-refractivity contribution in [3.8, 4) is 11.4 Å². The van der Waals surface area contributed by atoms with Crippen LogP contribution >= 0.6 is 35.0 Å². The molecule has 0 fully saturated rings. The number of aliphatic carboxylic acids is 1. The van der Waals surface area contributed by atoms with Gasteiger partial charge in [-0.3, -0.25) is 5.10 Å². The van der Waals surface area contributed by atoms with Crippen molar-refractivity contribution in [3.63, 3.8) is 0 Å². The summed E-state index contributed by atoms with van der Waals surface area (Å²) < 4.78 is 0. The third-order valence-electron chi connectivity index (χ3n) is 1.97. The lowest BCUT2D eigenvalue weighted by Gasteiger charge is -2.00. The van der Waals surface area contributed by atoms with Crippen molar-refractivity contribution in [1.29, 1.82) is 0 Å². The second-order valence-corrected chi connectivity index (χ2v) is 5.04. The van der Waals surface area contributed by atoms with Crippen molar-refractivity contribution in [3.05, 3.63) is 28.2 Å². The van der Waals surface area contributed by atoms with Gasteiger partial charge in [0.05, 0.1) is 11.0 Å². The molecule has 1 heterocycles. The number of carbonyl (C=O) groups is 1. The first-order valence-corrected chi connectivity index (χ1v) is 6.51. The Morgan fingerprint density at radius 2 is 2.22 bits per heavy atom. The van der Waals surface area contributed by atoms with Crippen molar-refractivity contribution in [2.45, 2.75) is 5.16 Å². The number of carboxylic acids is 1. The number of aromatic amines is 1. The fraction of sp³-hybridized carbons (Fsp3) is 0.100. The van der Waals surface area contributed by atoms with Crippen LogP contribution in [0.15, 0.2) is 23.4 Å². The highest BCUT2D eigenvalue weighted by Crippen LogP contribution is 2.28. The zero-order valence-corrected chi connectivity index (χ0v) is 11.1. The van der Waals surface area contributed by atoms with Crippen LogP contribution in [0.5, 0.6) is 0 Å². The number of H-pyrrole nitrogens is 1. The molecule has 2 aromatic rings. The SMILES string of the molecule is O=C([O-])CSc1n[nH]c(-c2ccc(Cl)cc2Cl)n1. The van der Waals surface area contributed by atoms with Crippen molar-refractivity contribution < 1.29 is 9.90 Å². The highest BCUT2D eigenvalue weighted by Gasteiger charge is 2.10. The lowest BCUT2D eigenvalue weighted by Crippen LogP contribution is -2.24. The van der Waals surface area contributed by atoms with Gasteiger partial charge >= 0.3 is 0 Å². The maximum atomic E-state index is 10.3. The van der Waals surface area contributed by atoms with E-state index in [0.717, 1.165) is 11.8 Å². The van der Waals surface area contributed by atoms with Crippen LogP contribution < -0.4 is 5.11 Å². The van der Waals surface area contributed by atoms with Gasteiger partial charge in [-0.2, -0.15) is 0 Å². The Balaban J connectivity index is 2.21. The molecule has 0 bridgehead atoms. The second-order valence-electron chi connectivity index (χ2n) is 3.25. The molecular formula is C10H6Cl2N3O2S-. The number of carbonyl (C=O) groups excluding carboxylic acids is 1. The van der Waals surface area contributed by atoms with E-state index < -0.39 is 5.97 Å². The predicted octanol–water partition coefficient (Wildman–Crippen LogP) is 1.62. The molecule has 0 radical (unpaired) electrons. The van der Waals surface area contributed by atoms with Crippen LogP contribution in [0.3, 0.4) is 0 Å². The Morgan fingerprint density at radius 1 is 1.44 bits per heavy atom. The highest BCUT2D eigenvalue weighted by molar-refractivity contribution is 7.99. The van der Waals surface area contributed by atoms with Gasteiger partial charge in [0.2, 0.25) is 5.16 Å². The van der Waals surface area contributed by atoms with Crippen molar-refractivity contribution >= 4 is 40.9 Å². The van der Waals surface area contributed by atoms with E-state index in [0.29, 0.717) is 26.6 Å². The Labute approximate surface area is 117 Å². The van der Waals surface area contributed by atoms with Crippen LogP contribution in [0.1, 0.15) is 0 Å².